The van der Waals surface area contributed by atoms with E-state index in [-0.39, 0.29) is 18.9 Å². The van der Waals surface area contributed by atoms with Crippen molar-refractivity contribution in [2.24, 2.45) is 4.99 Å². The molecule has 3 rings (SSSR count). The van der Waals surface area contributed by atoms with Gasteiger partial charge in [0.05, 0.1) is 23.5 Å². The first-order valence-corrected chi connectivity index (χ1v) is 7.41. The Balaban J connectivity index is 1.97. The van der Waals surface area contributed by atoms with Gasteiger partial charge in [-0.15, -0.1) is 0 Å². The minimum atomic E-state index is -4.43. The van der Waals surface area contributed by atoms with Gasteiger partial charge >= 0.3 is 6.18 Å². The largest absolute Gasteiger partial charge is 0.416 e. The van der Waals surface area contributed by atoms with Crippen molar-refractivity contribution in [3.05, 3.63) is 35.8 Å². The van der Waals surface area contributed by atoms with E-state index in [4.69, 9.17) is 5.11 Å². The van der Waals surface area contributed by atoms with E-state index >= 15 is 0 Å². The third kappa shape index (κ3) is 2.74. The first kappa shape index (κ1) is 16.7. The molecule has 0 saturated heterocycles. The first-order valence-electron chi connectivity index (χ1n) is 7.41. The van der Waals surface area contributed by atoms with Crippen molar-refractivity contribution >= 4 is 17.6 Å². The maximum absolute atomic E-state index is 12.9. The minimum Gasteiger partial charge on any atom is -0.396 e. The number of aliphatic hydroxyl groups excluding tert-OH is 2. The molecular formula is C15H17F3N4O2. The number of alkyl halides is 3. The third-order valence-corrected chi connectivity index (χ3v) is 3.97. The highest BCUT2D eigenvalue weighted by Crippen LogP contribution is 2.42. The van der Waals surface area contributed by atoms with Crippen molar-refractivity contribution in [1.29, 1.82) is 0 Å². The predicted octanol–water partition coefficient (Wildman–Crippen LogP) is 1.48. The summed E-state index contributed by atoms with van der Waals surface area (Å²) in [7, 11) is 0. The molecule has 0 radical (unpaired) electrons. The number of halogens is 3. The molecule has 0 spiro atoms. The molecule has 1 aromatic carbocycles. The van der Waals surface area contributed by atoms with Gasteiger partial charge in [-0.25, -0.2) is 4.99 Å². The van der Waals surface area contributed by atoms with Gasteiger partial charge in [-0.3, -0.25) is 10.2 Å². The Morgan fingerprint density at radius 3 is 2.75 bits per heavy atom. The summed E-state index contributed by atoms with van der Waals surface area (Å²) in [5.41, 5.74) is -1.06. The van der Waals surface area contributed by atoms with Crippen LogP contribution in [0.4, 0.5) is 24.5 Å². The van der Waals surface area contributed by atoms with Crippen molar-refractivity contribution in [1.82, 2.24) is 5.32 Å². The van der Waals surface area contributed by atoms with Gasteiger partial charge in [-0.2, -0.15) is 13.2 Å². The zero-order valence-corrected chi connectivity index (χ0v) is 12.6. The van der Waals surface area contributed by atoms with Crippen LogP contribution < -0.4 is 15.5 Å². The van der Waals surface area contributed by atoms with E-state index in [0.29, 0.717) is 24.5 Å². The quantitative estimate of drug-likeness (QED) is 0.610. The van der Waals surface area contributed by atoms with Gasteiger partial charge in [-0.05, 0) is 31.2 Å². The van der Waals surface area contributed by atoms with E-state index < -0.39 is 17.4 Å². The molecule has 0 aromatic heterocycles. The highest BCUT2D eigenvalue weighted by molar-refractivity contribution is 5.89. The van der Waals surface area contributed by atoms with Gasteiger partial charge in [0, 0.05) is 19.0 Å². The number of hydrogen-bond donors (Lipinski definition) is 4. The molecule has 0 aliphatic carbocycles. The van der Waals surface area contributed by atoms with Crippen molar-refractivity contribution in [2.75, 3.05) is 30.0 Å². The van der Waals surface area contributed by atoms with E-state index in [1.165, 1.54) is 18.5 Å². The smallest absolute Gasteiger partial charge is 0.396 e. The normalized spacial score (nSPS) is 22.0. The summed E-state index contributed by atoms with van der Waals surface area (Å²) in [4.78, 5) is 5.87. The summed E-state index contributed by atoms with van der Waals surface area (Å²) in [6.45, 7) is 0.0669. The minimum absolute atomic E-state index is 0.0125. The highest BCUT2D eigenvalue weighted by atomic mass is 19.4. The average Bonchev–Trinajstić information content (AvgIpc) is 2.93. The Morgan fingerprint density at radius 1 is 1.29 bits per heavy atom. The van der Waals surface area contributed by atoms with Crippen LogP contribution in [0.5, 0.6) is 0 Å². The zero-order chi connectivity index (χ0) is 17.4. The number of hydrogen-bond acceptors (Lipinski definition) is 6. The Hall–Kier alpha value is -2.10. The fourth-order valence-corrected chi connectivity index (χ4v) is 2.77. The summed E-state index contributed by atoms with van der Waals surface area (Å²) in [6.07, 6.45) is -0.953. The summed E-state index contributed by atoms with van der Waals surface area (Å²) in [5, 5.41) is 24.7. The molecule has 2 heterocycles. The Morgan fingerprint density at radius 2 is 2.08 bits per heavy atom. The second-order valence-electron chi connectivity index (χ2n) is 5.56. The molecule has 2 aliphatic heterocycles. The van der Waals surface area contributed by atoms with E-state index in [1.54, 1.807) is 4.90 Å². The van der Waals surface area contributed by atoms with Crippen LogP contribution in [0.3, 0.4) is 0 Å². The molecule has 130 valence electrons. The van der Waals surface area contributed by atoms with Crippen LogP contribution in [0.25, 0.3) is 0 Å². The highest BCUT2D eigenvalue weighted by Gasteiger charge is 2.43. The maximum atomic E-state index is 12.9. The third-order valence-electron chi connectivity index (χ3n) is 3.97. The van der Waals surface area contributed by atoms with Crippen LogP contribution in [-0.2, 0) is 6.18 Å². The molecule has 0 bridgehead atoms. The van der Waals surface area contributed by atoms with Crippen LogP contribution >= 0.6 is 0 Å². The molecule has 4 N–H and O–H groups in total. The van der Waals surface area contributed by atoms with Crippen LogP contribution in [0.15, 0.2) is 35.2 Å². The lowest BCUT2D eigenvalue weighted by atomic mass is 10.1. The topological polar surface area (TPSA) is 80.1 Å². The number of aliphatic hydroxyl groups is 2. The monoisotopic (exact) mass is 342 g/mol. The molecular weight excluding hydrogens is 325 g/mol. The molecule has 6 nitrogen and oxygen atoms in total. The fourth-order valence-electron chi connectivity index (χ4n) is 2.77. The number of anilines is 2. The lowest BCUT2D eigenvalue weighted by Gasteiger charge is -2.40. The van der Waals surface area contributed by atoms with Crippen LogP contribution in [0.1, 0.15) is 12.0 Å². The Kier molecular flexibility index (Phi) is 4.24. The number of nitrogens with zero attached hydrogens (tertiary/aromatic N) is 2. The molecule has 1 unspecified atom stereocenters. The predicted molar refractivity (Wildman–Crippen MR) is 83.6 cm³/mol. The lowest BCUT2D eigenvalue weighted by molar-refractivity contribution is -0.137. The molecule has 0 amide bonds. The SMILES string of the molecule is OCCCNC1(CO)C=NC2=CNc3cc(C(F)(F)F)ccc3N21. The van der Waals surface area contributed by atoms with Gasteiger partial charge in [0.25, 0.3) is 0 Å². The van der Waals surface area contributed by atoms with Gasteiger partial charge in [0.15, 0.2) is 11.5 Å². The van der Waals surface area contributed by atoms with Crippen molar-refractivity contribution in [3.63, 3.8) is 0 Å². The fraction of sp³-hybridized carbons (Fsp3) is 0.400. The molecule has 0 fully saturated rings. The van der Waals surface area contributed by atoms with Crippen LogP contribution in [0, 0.1) is 0 Å². The molecule has 24 heavy (non-hydrogen) atoms. The number of nitrogens with one attached hydrogen (secondary N) is 2. The van der Waals surface area contributed by atoms with Crippen molar-refractivity contribution < 1.29 is 23.4 Å². The van der Waals surface area contributed by atoms with Crippen LogP contribution in [-0.4, -0.2) is 41.8 Å². The molecule has 0 saturated carbocycles. The number of rotatable bonds is 5. The molecule has 1 atom stereocenters. The average molecular weight is 342 g/mol. The van der Waals surface area contributed by atoms with Gasteiger partial charge in [0.2, 0.25) is 0 Å². The second kappa shape index (κ2) is 6.08. The van der Waals surface area contributed by atoms with E-state index in [9.17, 15) is 18.3 Å². The standard InChI is InChI=1S/C15H17F3N4O2/c16-15(17,18)10-2-3-12-11(6-10)19-7-13-20-8-14(9-24,22(12)13)21-4-1-5-23/h2-3,6-8,19,21,23-24H,1,4-5,9H2. The lowest BCUT2D eigenvalue weighted by Crippen LogP contribution is -2.60. The summed E-state index contributed by atoms with van der Waals surface area (Å²) in [5.74, 6) is 0.479. The molecule has 9 heteroatoms. The zero-order valence-electron chi connectivity index (χ0n) is 12.6. The maximum Gasteiger partial charge on any atom is 0.416 e. The number of benzene rings is 1. The number of fused-ring (bicyclic) bond motifs is 3. The Bertz CT molecular complexity index is 690. The summed E-state index contributed by atoms with van der Waals surface area (Å²) >= 11 is 0. The van der Waals surface area contributed by atoms with E-state index in [0.717, 1.165) is 12.1 Å². The molecule has 1 aromatic rings. The number of aliphatic imine (C=N–C) groups is 1. The summed E-state index contributed by atoms with van der Waals surface area (Å²) in [6, 6.07) is 3.37. The Labute approximate surface area is 136 Å². The van der Waals surface area contributed by atoms with Crippen molar-refractivity contribution in [2.45, 2.75) is 18.3 Å². The van der Waals surface area contributed by atoms with Crippen molar-refractivity contribution in [3.8, 4) is 0 Å². The van der Waals surface area contributed by atoms with Gasteiger partial charge in [0.1, 0.15) is 0 Å². The summed E-state index contributed by atoms with van der Waals surface area (Å²) < 4.78 is 38.7. The molecule has 2 aliphatic rings. The van der Waals surface area contributed by atoms with E-state index in [2.05, 4.69) is 15.6 Å². The van der Waals surface area contributed by atoms with E-state index in [1.807, 2.05) is 0 Å². The first-order chi connectivity index (χ1) is 11.4. The van der Waals surface area contributed by atoms with Gasteiger partial charge in [-0.1, -0.05) is 0 Å². The van der Waals surface area contributed by atoms with Crippen LogP contribution in [0.2, 0.25) is 0 Å². The van der Waals surface area contributed by atoms with Gasteiger partial charge < -0.3 is 15.5 Å². The second-order valence-corrected chi connectivity index (χ2v) is 5.56.